The summed E-state index contributed by atoms with van der Waals surface area (Å²) in [4.78, 5) is 27.9. The second-order valence-electron chi connectivity index (χ2n) is 9.35. The second kappa shape index (κ2) is 13.2. The van der Waals surface area contributed by atoms with Gasteiger partial charge in [0.15, 0.2) is 0 Å². The van der Waals surface area contributed by atoms with Gasteiger partial charge in [-0.1, -0.05) is 59.8 Å². The van der Waals surface area contributed by atoms with Crippen LogP contribution in [0.1, 0.15) is 51.0 Å². The average molecular weight is 589 g/mol. The van der Waals surface area contributed by atoms with Crippen molar-refractivity contribution in [1.82, 2.24) is 10.2 Å². The Morgan fingerprint density at radius 1 is 1.03 bits per heavy atom. The van der Waals surface area contributed by atoms with Crippen LogP contribution in [-0.2, 0) is 26.2 Å². The van der Waals surface area contributed by atoms with Crippen LogP contribution < -0.4 is 9.62 Å². The molecule has 1 N–H and O–H groups in total. The van der Waals surface area contributed by atoms with Gasteiger partial charge in [0.2, 0.25) is 21.8 Å². The first-order chi connectivity index (χ1) is 17.5. The quantitative estimate of drug-likeness (QED) is 0.367. The number of hydrogen-bond acceptors (Lipinski definition) is 4. The summed E-state index contributed by atoms with van der Waals surface area (Å²) in [7, 11) is -3.68. The van der Waals surface area contributed by atoms with Crippen LogP contribution in [0.4, 0.5) is 5.69 Å². The molecule has 1 atom stereocenters. The summed E-state index contributed by atoms with van der Waals surface area (Å²) in [5.74, 6) is -0.452. The molecule has 1 aliphatic carbocycles. The molecule has 1 fully saturated rings. The summed E-state index contributed by atoms with van der Waals surface area (Å²) >= 11 is 18.3. The molecule has 202 valence electrons. The average Bonchev–Trinajstić information content (AvgIpc) is 3.35. The predicted molar refractivity (Wildman–Crippen MR) is 150 cm³/mol. The maximum atomic E-state index is 13.4. The van der Waals surface area contributed by atoms with Crippen molar-refractivity contribution in [3.8, 4) is 0 Å². The van der Waals surface area contributed by atoms with Gasteiger partial charge < -0.3 is 10.2 Å². The smallest absolute Gasteiger partial charge is 0.242 e. The van der Waals surface area contributed by atoms with E-state index in [2.05, 4.69) is 5.32 Å². The highest BCUT2D eigenvalue weighted by Gasteiger charge is 2.29. The lowest BCUT2D eigenvalue weighted by Gasteiger charge is -2.30. The number of nitrogens with zero attached hydrogens (tertiary/aromatic N) is 2. The molecule has 37 heavy (non-hydrogen) atoms. The summed E-state index contributed by atoms with van der Waals surface area (Å²) in [5.41, 5.74) is 1.09. The van der Waals surface area contributed by atoms with E-state index in [-0.39, 0.29) is 54.5 Å². The van der Waals surface area contributed by atoms with Gasteiger partial charge >= 0.3 is 0 Å². The first-order valence-electron chi connectivity index (χ1n) is 12.2. The zero-order valence-corrected chi connectivity index (χ0v) is 24.0. The van der Waals surface area contributed by atoms with Gasteiger partial charge in [-0.25, -0.2) is 8.42 Å². The van der Waals surface area contributed by atoms with E-state index >= 15 is 0 Å². The van der Waals surface area contributed by atoms with Crippen molar-refractivity contribution in [1.29, 1.82) is 0 Å². The molecule has 0 heterocycles. The van der Waals surface area contributed by atoms with Gasteiger partial charge in [0.1, 0.15) is 6.04 Å². The van der Waals surface area contributed by atoms with Crippen LogP contribution in [0.25, 0.3) is 0 Å². The monoisotopic (exact) mass is 587 g/mol. The summed E-state index contributed by atoms with van der Waals surface area (Å²) in [6.07, 6.45) is 5.39. The highest BCUT2D eigenvalue weighted by Crippen LogP contribution is 2.31. The summed E-state index contributed by atoms with van der Waals surface area (Å²) in [6, 6.07) is 11.1. The van der Waals surface area contributed by atoms with E-state index in [1.165, 1.54) is 17.0 Å². The van der Waals surface area contributed by atoms with E-state index in [0.717, 1.165) is 41.8 Å². The van der Waals surface area contributed by atoms with Crippen LogP contribution in [0, 0.1) is 0 Å². The summed E-state index contributed by atoms with van der Waals surface area (Å²) in [6.45, 7) is 1.97. The minimum atomic E-state index is -3.68. The number of nitrogens with one attached hydrogen (secondary N) is 1. The molecule has 0 radical (unpaired) electrons. The molecule has 0 aromatic heterocycles. The number of anilines is 1. The Bertz CT molecular complexity index is 1200. The maximum Gasteiger partial charge on any atom is 0.242 e. The fraction of sp³-hybridized carbons (Fsp3) is 0.462. The molecule has 1 saturated carbocycles. The molecule has 1 aliphatic rings. The summed E-state index contributed by atoms with van der Waals surface area (Å²) < 4.78 is 26.1. The minimum Gasteiger partial charge on any atom is -0.352 e. The number of sulfonamides is 1. The Morgan fingerprint density at radius 3 is 2.27 bits per heavy atom. The molecule has 2 aromatic carbocycles. The van der Waals surface area contributed by atoms with Crippen LogP contribution >= 0.6 is 34.8 Å². The number of benzene rings is 2. The maximum absolute atomic E-state index is 13.4. The van der Waals surface area contributed by atoms with Gasteiger partial charge in [-0.3, -0.25) is 13.9 Å². The van der Waals surface area contributed by atoms with Crippen LogP contribution in [-0.4, -0.2) is 50.0 Å². The van der Waals surface area contributed by atoms with Crippen molar-refractivity contribution in [2.75, 3.05) is 17.1 Å². The molecule has 0 saturated heterocycles. The number of halogens is 3. The Balaban J connectivity index is 1.73. The molecule has 0 bridgehead atoms. The van der Waals surface area contributed by atoms with Gasteiger partial charge in [0.25, 0.3) is 0 Å². The highest BCUT2D eigenvalue weighted by atomic mass is 35.5. The molecule has 11 heteroatoms. The largest absolute Gasteiger partial charge is 0.352 e. The number of rotatable bonds is 11. The summed E-state index contributed by atoms with van der Waals surface area (Å²) in [5, 5.41) is 4.23. The van der Waals surface area contributed by atoms with Gasteiger partial charge in [-0.2, -0.15) is 0 Å². The third-order valence-electron chi connectivity index (χ3n) is 6.46. The Hall–Kier alpha value is -2.00. The fourth-order valence-corrected chi connectivity index (χ4v) is 5.95. The van der Waals surface area contributed by atoms with Crippen LogP contribution in [0.5, 0.6) is 0 Å². The molecule has 3 rings (SSSR count). The van der Waals surface area contributed by atoms with Crippen molar-refractivity contribution in [2.45, 2.75) is 64.1 Å². The van der Waals surface area contributed by atoms with E-state index in [0.29, 0.717) is 10.0 Å². The third kappa shape index (κ3) is 8.50. The standard InChI is InChI=1S/C26H32Cl3N3O4S/c1-18(26(34)30-22-6-3-4-7-22)31(17-19-9-11-20(27)12-10-19)25(33)8-5-15-32(37(2,35)36)24-16-21(28)13-14-23(24)29/h9-14,16,18,22H,3-8,15,17H2,1-2H3,(H,30,34). The third-order valence-corrected chi connectivity index (χ3v) is 8.45. The normalized spacial score (nSPS) is 14.8. The van der Waals surface area contributed by atoms with Gasteiger partial charge in [-0.05, 0) is 62.1 Å². The highest BCUT2D eigenvalue weighted by molar-refractivity contribution is 7.92. The number of amides is 2. The molecular formula is C26H32Cl3N3O4S. The molecule has 0 spiro atoms. The van der Waals surface area contributed by atoms with E-state index in [4.69, 9.17) is 34.8 Å². The lowest BCUT2D eigenvalue weighted by molar-refractivity contribution is -0.141. The molecule has 2 amide bonds. The molecule has 0 aliphatic heterocycles. The van der Waals surface area contributed by atoms with E-state index in [1.54, 1.807) is 25.1 Å². The van der Waals surface area contributed by atoms with Crippen molar-refractivity contribution in [2.24, 2.45) is 0 Å². The van der Waals surface area contributed by atoms with E-state index in [1.807, 2.05) is 12.1 Å². The lowest BCUT2D eigenvalue weighted by Crippen LogP contribution is -2.49. The van der Waals surface area contributed by atoms with Gasteiger partial charge in [0, 0.05) is 35.6 Å². The minimum absolute atomic E-state index is 0.0298. The topological polar surface area (TPSA) is 86.8 Å². The van der Waals surface area contributed by atoms with E-state index in [9.17, 15) is 18.0 Å². The molecule has 1 unspecified atom stereocenters. The second-order valence-corrected chi connectivity index (χ2v) is 12.5. The van der Waals surface area contributed by atoms with Gasteiger partial charge in [0.05, 0.1) is 17.0 Å². The van der Waals surface area contributed by atoms with Crippen molar-refractivity contribution in [3.05, 3.63) is 63.1 Å². The first kappa shape index (κ1) is 29.6. The lowest BCUT2D eigenvalue weighted by atomic mass is 10.1. The fourth-order valence-electron chi connectivity index (χ4n) is 4.42. The van der Waals surface area contributed by atoms with Crippen LogP contribution in [0.3, 0.4) is 0 Å². The zero-order chi connectivity index (χ0) is 27.2. The number of carbonyl (C=O) groups is 2. The Labute approximate surface area is 234 Å². The first-order valence-corrected chi connectivity index (χ1v) is 15.2. The van der Waals surface area contributed by atoms with Gasteiger partial charge in [-0.15, -0.1) is 0 Å². The molecular weight excluding hydrogens is 557 g/mol. The Morgan fingerprint density at radius 2 is 1.65 bits per heavy atom. The van der Waals surface area contributed by atoms with Crippen LogP contribution in [0.2, 0.25) is 15.1 Å². The SMILES string of the molecule is CC(C(=O)NC1CCCC1)N(Cc1ccc(Cl)cc1)C(=O)CCCN(c1cc(Cl)ccc1Cl)S(C)(=O)=O. The zero-order valence-electron chi connectivity index (χ0n) is 20.9. The number of carbonyl (C=O) groups excluding carboxylic acids is 2. The molecule has 2 aromatic rings. The predicted octanol–water partition coefficient (Wildman–Crippen LogP) is 5.67. The van der Waals surface area contributed by atoms with Crippen molar-refractivity contribution >= 4 is 62.3 Å². The van der Waals surface area contributed by atoms with E-state index < -0.39 is 16.1 Å². The van der Waals surface area contributed by atoms with Crippen molar-refractivity contribution < 1.29 is 18.0 Å². The molecule has 7 nitrogen and oxygen atoms in total. The number of hydrogen-bond donors (Lipinski definition) is 1. The Kier molecular flexibility index (Phi) is 10.5. The van der Waals surface area contributed by atoms with Crippen molar-refractivity contribution in [3.63, 3.8) is 0 Å². The van der Waals surface area contributed by atoms with Crippen LogP contribution in [0.15, 0.2) is 42.5 Å².